The molecule has 0 atom stereocenters. The van der Waals surface area contributed by atoms with Crippen molar-refractivity contribution in [3.8, 4) is 11.1 Å². The number of rotatable bonds is 15. The Morgan fingerprint density at radius 2 is 0.842 bits per heavy atom. The van der Waals surface area contributed by atoms with Crippen LogP contribution in [0.15, 0.2) is 97.6 Å². The average Bonchev–Trinajstić information content (AvgIpc) is 2.96. The summed E-state index contributed by atoms with van der Waals surface area (Å²) in [6.45, 7) is 2.50. The Morgan fingerprint density at radius 1 is 0.447 bits per heavy atom. The molecule has 38 heavy (non-hydrogen) atoms. The van der Waals surface area contributed by atoms with Gasteiger partial charge >= 0.3 is 0 Å². The second-order valence-corrected chi connectivity index (χ2v) is 10.2. The number of benzene rings is 2. The molecule has 0 unspecified atom stereocenters. The zero-order chi connectivity index (χ0) is 26.4. The van der Waals surface area contributed by atoms with E-state index in [0.717, 1.165) is 64.5 Å². The number of nitrogens with zero attached hydrogens (tertiary/aromatic N) is 2. The third kappa shape index (κ3) is 8.90. The van der Waals surface area contributed by atoms with Gasteiger partial charge in [0.25, 0.3) is 0 Å². The molecule has 0 aliphatic heterocycles. The first-order valence-electron chi connectivity index (χ1n) is 14.1. The normalized spacial score (nSPS) is 11.1. The summed E-state index contributed by atoms with van der Waals surface area (Å²) in [5.41, 5.74) is 7.86. The van der Waals surface area contributed by atoms with Crippen molar-refractivity contribution in [2.45, 2.75) is 64.5 Å². The van der Waals surface area contributed by atoms with E-state index >= 15 is 0 Å². The Hall–Kier alpha value is -3.34. The van der Waals surface area contributed by atoms with Crippen LogP contribution >= 0.6 is 0 Å². The largest absolute Gasteiger partial charge is 0.396 e. The summed E-state index contributed by atoms with van der Waals surface area (Å²) in [5, 5.41) is 18.1. The molecule has 0 radical (unpaired) electrons. The van der Waals surface area contributed by atoms with E-state index in [2.05, 4.69) is 107 Å². The Kier molecular flexibility index (Phi) is 11.0. The van der Waals surface area contributed by atoms with Gasteiger partial charge < -0.3 is 10.2 Å². The van der Waals surface area contributed by atoms with Crippen LogP contribution in [0, 0.1) is 0 Å². The molecule has 0 bridgehead atoms. The average molecular weight is 511 g/mol. The third-order valence-corrected chi connectivity index (χ3v) is 7.09. The van der Waals surface area contributed by atoms with Crippen LogP contribution in [-0.4, -0.2) is 23.4 Å². The van der Waals surface area contributed by atoms with Gasteiger partial charge in [-0.2, -0.15) is 0 Å². The van der Waals surface area contributed by atoms with Gasteiger partial charge in [-0.1, -0.05) is 48.5 Å². The van der Waals surface area contributed by atoms with Crippen molar-refractivity contribution in [1.29, 1.82) is 0 Å². The smallest absolute Gasteiger partial charge is 0.171 e. The number of hydrogen-bond donors (Lipinski definition) is 2. The maximum atomic E-state index is 9.05. The SMILES string of the molecule is OCCCc1ccc[n+](CCCc2ccc(-c3ccc(CCC[n+]4cccc(CCCO)c4)cc3)cc2)c1. The van der Waals surface area contributed by atoms with Crippen LogP contribution in [0.3, 0.4) is 0 Å². The van der Waals surface area contributed by atoms with Crippen molar-refractivity contribution in [2.24, 2.45) is 0 Å². The highest BCUT2D eigenvalue weighted by Gasteiger charge is 2.06. The van der Waals surface area contributed by atoms with E-state index in [1.54, 1.807) is 0 Å². The van der Waals surface area contributed by atoms with Gasteiger partial charge in [-0.05, 0) is 72.9 Å². The molecule has 0 fully saturated rings. The van der Waals surface area contributed by atoms with Crippen LogP contribution in [0.2, 0.25) is 0 Å². The van der Waals surface area contributed by atoms with Crippen LogP contribution < -0.4 is 9.13 Å². The molecule has 0 aliphatic rings. The van der Waals surface area contributed by atoms with Gasteiger partial charge in [0, 0.05) is 49.3 Å². The van der Waals surface area contributed by atoms with E-state index in [1.807, 2.05) is 0 Å². The highest BCUT2D eigenvalue weighted by molar-refractivity contribution is 5.64. The molecule has 4 heteroatoms. The van der Waals surface area contributed by atoms with Crippen molar-refractivity contribution in [2.75, 3.05) is 13.2 Å². The topological polar surface area (TPSA) is 48.2 Å². The fraction of sp³-hybridized carbons (Fsp3) is 0.353. The first-order valence-corrected chi connectivity index (χ1v) is 14.1. The number of aromatic nitrogens is 2. The molecule has 0 saturated carbocycles. The second kappa shape index (κ2) is 15.2. The third-order valence-electron chi connectivity index (χ3n) is 7.09. The lowest BCUT2D eigenvalue weighted by Gasteiger charge is -2.06. The molecule has 4 rings (SSSR count). The minimum Gasteiger partial charge on any atom is -0.396 e. The van der Waals surface area contributed by atoms with Gasteiger partial charge in [-0.15, -0.1) is 0 Å². The Labute approximate surface area is 227 Å². The molecular formula is C34H42N2O2+2. The van der Waals surface area contributed by atoms with E-state index in [4.69, 9.17) is 10.2 Å². The van der Waals surface area contributed by atoms with E-state index in [0.29, 0.717) is 0 Å². The van der Waals surface area contributed by atoms with Gasteiger partial charge in [0.05, 0.1) is 0 Å². The number of aryl methyl sites for hydroxylation is 6. The number of aliphatic hydroxyl groups excluding tert-OH is 2. The highest BCUT2D eigenvalue weighted by atomic mass is 16.3. The monoisotopic (exact) mass is 510 g/mol. The molecule has 0 spiro atoms. The van der Waals surface area contributed by atoms with Gasteiger partial charge in [0.1, 0.15) is 13.1 Å². The quantitative estimate of drug-likeness (QED) is 0.220. The van der Waals surface area contributed by atoms with Crippen LogP contribution in [0.25, 0.3) is 11.1 Å². The van der Waals surface area contributed by atoms with Crippen LogP contribution in [-0.2, 0) is 38.8 Å². The van der Waals surface area contributed by atoms with E-state index in [-0.39, 0.29) is 13.2 Å². The number of pyridine rings is 2. The minimum atomic E-state index is 0.247. The zero-order valence-corrected chi connectivity index (χ0v) is 22.5. The first-order chi connectivity index (χ1) is 18.7. The minimum absolute atomic E-state index is 0.247. The molecular weight excluding hydrogens is 468 g/mol. The number of hydrogen-bond acceptors (Lipinski definition) is 2. The molecule has 198 valence electrons. The Bertz CT molecular complexity index is 1140. The lowest BCUT2D eigenvalue weighted by molar-refractivity contribution is -0.697. The fourth-order valence-electron chi connectivity index (χ4n) is 4.95. The summed E-state index contributed by atoms with van der Waals surface area (Å²) in [5.74, 6) is 0. The zero-order valence-electron chi connectivity index (χ0n) is 22.5. The Balaban J connectivity index is 1.22. The molecule has 0 amide bonds. The van der Waals surface area contributed by atoms with Crippen molar-refractivity contribution < 1.29 is 19.3 Å². The number of aliphatic hydroxyl groups is 2. The summed E-state index contributed by atoms with van der Waals surface area (Å²) >= 11 is 0. The predicted octanol–water partition coefficient (Wildman–Crippen LogP) is 5.04. The molecule has 2 heterocycles. The van der Waals surface area contributed by atoms with Crippen LogP contribution in [0.1, 0.15) is 47.9 Å². The predicted molar refractivity (Wildman–Crippen MR) is 153 cm³/mol. The molecule has 0 aliphatic carbocycles. The molecule has 0 saturated heterocycles. The van der Waals surface area contributed by atoms with Crippen LogP contribution in [0.5, 0.6) is 0 Å². The summed E-state index contributed by atoms with van der Waals surface area (Å²) in [6, 6.07) is 26.5. The molecule has 2 aromatic carbocycles. The van der Waals surface area contributed by atoms with Crippen molar-refractivity contribution >= 4 is 0 Å². The fourth-order valence-corrected chi connectivity index (χ4v) is 4.95. The van der Waals surface area contributed by atoms with E-state index in [1.165, 1.54) is 33.4 Å². The van der Waals surface area contributed by atoms with E-state index in [9.17, 15) is 0 Å². The van der Waals surface area contributed by atoms with Gasteiger partial charge in [-0.25, -0.2) is 9.13 Å². The van der Waals surface area contributed by atoms with E-state index < -0.39 is 0 Å². The highest BCUT2D eigenvalue weighted by Crippen LogP contribution is 2.21. The van der Waals surface area contributed by atoms with Crippen molar-refractivity contribution in [3.63, 3.8) is 0 Å². The lowest BCUT2D eigenvalue weighted by Crippen LogP contribution is -2.33. The lowest BCUT2D eigenvalue weighted by atomic mass is 10.00. The standard InChI is InChI=1S/C34H42N2O2/c37-25-5-11-31-9-3-23-35(27-31)21-1-7-29-13-17-33(18-14-29)34-19-15-30(16-20-34)8-2-22-36-24-4-10-32(28-36)12-6-26-38/h3-4,9-10,13-20,23-24,27-28,37-38H,1-2,5-8,11-12,21-22,25-26H2/q+2. The summed E-state index contributed by atoms with van der Waals surface area (Å²) in [6.07, 6.45) is 16.5. The maximum absolute atomic E-state index is 9.05. The van der Waals surface area contributed by atoms with Gasteiger partial charge in [0.2, 0.25) is 0 Å². The Morgan fingerprint density at radius 3 is 1.24 bits per heavy atom. The van der Waals surface area contributed by atoms with Gasteiger partial charge in [0.15, 0.2) is 24.8 Å². The van der Waals surface area contributed by atoms with Gasteiger partial charge in [-0.3, -0.25) is 0 Å². The molecule has 2 aromatic heterocycles. The first kappa shape index (κ1) is 27.7. The maximum Gasteiger partial charge on any atom is 0.171 e. The van der Waals surface area contributed by atoms with Crippen LogP contribution in [0.4, 0.5) is 0 Å². The van der Waals surface area contributed by atoms with Crippen molar-refractivity contribution in [3.05, 3.63) is 120 Å². The molecule has 4 aromatic rings. The molecule has 2 N–H and O–H groups in total. The van der Waals surface area contributed by atoms with Crippen molar-refractivity contribution in [1.82, 2.24) is 0 Å². The summed E-state index contributed by atoms with van der Waals surface area (Å²) in [4.78, 5) is 0. The second-order valence-electron chi connectivity index (χ2n) is 10.2. The summed E-state index contributed by atoms with van der Waals surface area (Å²) in [7, 11) is 0. The summed E-state index contributed by atoms with van der Waals surface area (Å²) < 4.78 is 4.52. The molecule has 4 nitrogen and oxygen atoms in total.